The Labute approximate surface area is 133 Å². The molecule has 0 aromatic heterocycles. The van der Waals surface area contributed by atoms with Crippen molar-refractivity contribution in [1.29, 1.82) is 0 Å². The maximum absolute atomic E-state index is 6.45. The van der Waals surface area contributed by atoms with E-state index in [0.717, 1.165) is 36.8 Å². The highest BCUT2D eigenvalue weighted by Gasteiger charge is 2.17. The highest BCUT2D eigenvalue weighted by atomic mass is 35.5. The third kappa shape index (κ3) is 5.17. The first kappa shape index (κ1) is 16.6. The zero-order valence-corrected chi connectivity index (χ0v) is 14.1. The first-order valence-corrected chi connectivity index (χ1v) is 8.28. The third-order valence-corrected chi connectivity index (χ3v) is 4.19. The SMILES string of the molecule is CC(C)NCc1ccc(N(C)CC2CCCCO2)c(Cl)c1. The molecule has 0 amide bonds. The molecule has 2 rings (SSSR count). The Kier molecular flexibility index (Phi) is 6.34. The highest BCUT2D eigenvalue weighted by molar-refractivity contribution is 6.33. The molecule has 1 saturated heterocycles. The molecule has 0 spiro atoms. The molecule has 1 N–H and O–H groups in total. The lowest BCUT2D eigenvalue weighted by atomic mass is 10.1. The van der Waals surface area contributed by atoms with Crippen LogP contribution >= 0.6 is 11.6 Å². The standard InChI is InChI=1S/C17H27ClN2O/c1-13(2)19-11-14-7-8-17(16(18)10-14)20(3)12-15-6-4-5-9-21-15/h7-8,10,13,15,19H,4-6,9,11-12H2,1-3H3. The van der Waals surface area contributed by atoms with Crippen molar-refractivity contribution in [3.63, 3.8) is 0 Å². The van der Waals surface area contributed by atoms with Crippen molar-refractivity contribution in [2.75, 3.05) is 25.1 Å². The summed E-state index contributed by atoms with van der Waals surface area (Å²) in [5, 5.41) is 4.23. The van der Waals surface area contributed by atoms with Gasteiger partial charge in [-0.25, -0.2) is 0 Å². The second-order valence-electron chi connectivity index (χ2n) is 6.19. The summed E-state index contributed by atoms with van der Waals surface area (Å²) in [6.45, 7) is 6.95. The van der Waals surface area contributed by atoms with Crippen molar-refractivity contribution < 1.29 is 4.74 Å². The minimum absolute atomic E-state index is 0.335. The number of rotatable bonds is 6. The second-order valence-corrected chi connectivity index (χ2v) is 6.60. The molecule has 0 bridgehead atoms. The van der Waals surface area contributed by atoms with Gasteiger partial charge in [-0.3, -0.25) is 0 Å². The van der Waals surface area contributed by atoms with Gasteiger partial charge in [0.05, 0.1) is 16.8 Å². The predicted molar refractivity (Wildman–Crippen MR) is 90.3 cm³/mol. The Balaban J connectivity index is 1.95. The summed E-state index contributed by atoms with van der Waals surface area (Å²) in [5.41, 5.74) is 2.30. The molecule has 1 atom stereocenters. The first-order chi connectivity index (χ1) is 10.1. The Morgan fingerprint density at radius 3 is 2.81 bits per heavy atom. The van der Waals surface area contributed by atoms with Gasteiger partial charge in [-0.1, -0.05) is 31.5 Å². The van der Waals surface area contributed by atoms with E-state index in [0.29, 0.717) is 12.1 Å². The van der Waals surface area contributed by atoms with Crippen LogP contribution in [0.5, 0.6) is 0 Å². The van der Waals surface area contributed by atoms with E-state index >= 15 is 0 Å². The summed E-state index contributed by atoms with van der Waals surface area (Å²) >= 11 is 6.45. The average Bonchev–Trinajstić information content (AvgIpc) is 2.46. The van der Waals surface area contributed by atoms with E-state index in [1.54, 1.807) is 0 Å². The van der Waals surface area contributed by atoms with Crippen molar-refractivity contribution in [1.82, 2.24) is 5.32 Å². The molecule has 4 heteroatoms. The number of hydrogen-bond donors (Lipinski definition) is 1. The van der Waals surface area contributed by atoms with Crippen LogP contribution in [-0.2, 0) is 11.3 Å². The van der Waals surface area contributed by atoms with Gasteiger partial charge in [0.15, 0.2) is 0 Å². The van der Waals surface area contributed by atoms with Crippen LogP contribution in [0.25, 0.3) is 0 Å². The fourth-order valence-corrected chi connectivity index (χ4v) is 2.99. The number of likely N-dealkylation sites (N-methyl/N-ethyl adjacent to an activating group) is 1. The number of ether oxygens (including phenoxy) is 1. The zero-order valence-electron chi connectivity index (χ0n) is 13.4. The molecule has 1 heterocycles. The highest BCUT2D eigenvalue weighted by Crippen LogP contribution is 2.27. The van der Waals surface area contributed by atoms with E-state index in [2.05, 4.69) is 49.3 Å². The fourth-order valence-electron chi connectivity index (χ4n) is 2.65. The number of halogens is 1. The minimum atomic E-state index is 0.335. The van der Waals surface area contributed by atoms with Gasteiger partial charge < -0.3 is 15.0 Å². The first-order valence-electron chi connectivity index (χ1n) is 7.91. The van der Waals surface area contributed by atoms with Gasteiger partial charge in [-0.2, -0.15) is 0 Å². The van der Waals surface area contributed by atoms with Crippen LogP contribution in [0.3, 0.4) is 0 Å². The fraction of sp³-hybridized carbons (Fsp3) is 0.647. The zero-order chi connectivity index (χ0) is 15.2. The molecule has 0 saturated carbocycles. The number of nitrogens with zero attached hydrogens (tertiary/aromatic N) is 1. The van der Waals surface area contributed by atoms with Crippen molar-refractivity contribution in [2.24, 2.45) is 0 Å². The summed E-state index contributed by atoms with van der Waals surface area (Å²) in [4.78, 5) is 2.21. The molecule has 1 fully saturated rings. The lowest BCUT2D eigenvalue weighted by molar-refractivity contribution is 0.0216. The molecule has 0 radical (unpaired) electrons. The van der Waals surface area contributed by atoms with Crippen molar-refractivity contribution >= 4 is 17.3 Å². The number of anilines is 1. The van der Waals surface area contributed by atoms with Crippen LogP contribution in [0.1, 0.15) is 38.7 Å². The van der Waals surface area contributed by atoms with Crippen LogP contribution in [0.2, 0.25) is 5.02 Å². The maximum atomic E-state index is 6.45. The van der Waals surface area contributed by atoms with E-state index < -0.39 is 0 Å². The molecule has 118 valence electrons. The molecule has 3 nitrogen and oxygen atoms in total. The van der Waals surface area contributed by atoms with Gasteiger partial charge in [-0.05, 0) is 37.0 Å². The second kappa shape index (κ2) is 8.02. The minimum Gasteiger partial charge on any atom is -0.376 e. The van der Waals surface area contributed by atoms with E-state index in [1.165, 1.54) is 18.4 Å². The maximum Gasteiger partial charge on any atom is 0.0749 e. The number of benzene rings is 1. The van der Waals surface area contributed by atoms with E-state index in [1.807, 2.05) is 0 Å². The van der Waals surface area contributed by atoms with Gasteiger partial charge in [0.25, 0.3) is 0 Å². The van der Waals surface area contributed by atoms with Crippen molar-refractivity contribution in [3.8, 4) is 0 Å². The summed E-state index contributed by atoms with van der Waals surface area (Å²) in [6.07, 6.45) is 3.95. The van der Waals surface area contributed by atoms with Gasteiger partial charge in [0, 0.05) is 32.8 Å². The van der Waals surface area contributed by atoms with Gasteiger partial charge in [-0.15, -0.1) is 0 Å². The van der Waals surface area contributed by atoms with E-state index in [-0.39, 0.29) is 0 Å². The van der Waals surface area contributed by atoms with Crippen LogP contribution in [0.15, 0.2) is 18.2 Å². The third-order valence-electron chi connectivity index (χ3n) is 3.89. The van der Waals surface area contributed by atoms with Crippen molar-refractivity contribution in [3.05, 3.63) is 28.8 Å². The topological polar surface area (TPSA) is 24.5 Å². The molecular formula is C17H27ClN2O. The number of nitrogens with one attached hydrogen (secondary N) is 1. The molecule has 1 aromatic rings. The molecule has 1 unspecified atom stereocenters. The van der Waals surface area contributed by atoms with Crippen molar-refractivity contribution in [2.45, 2.75) is 51.8 Å². The lowest BCUT2D eigenvalue weighted by Gasteiger charge is -2.29. The van der Waals surface area contributed by atoms with Crippen LogP contribution < -0.4 is 10.2 Å². The molecule has 1 aromatic carbocycles. The summed E-state index contributed by atoms with van der Waals surface area (Å²) < 4.78 is 5.80. The normalized spacial score (nSPS) is 19.0. The van der Waals surface area contributed by atoms with Crippen LogP contribution in [-0.4, -0.2) is 32.3 Å². The molecule has 1 aliphatic rings. The molecule has 21 heavy (non-hydrogen) atoms. The quantitative estimate of drug-likeness (QED) is 0.864. The Hall–Kier alpha value is -0.770. The van der Waals surface area contributed by atoms with Gasteiger partial charge in [0.2, 0.25) is 0 Å². The summed E-state index contributed by atoms with van der Waals surface area (Å²) in [5.74, 6) is 0. The predicted octanol–water partition coefficient (Wildman–Crippen LogP) is 3.84. The van der Waals surface area contributed by atoms with Crippen LogP contribution in [0, 0.1) is 0 Å². The Morgan fingerprint density at radius 2 is 2.19 bits per heavy atom. The lowest BCUT2D eigenvalue weighted by Crippen LogP contribution is -2.33. The molecule has 0 aliphatic carbocycles. The number of hydrogen-bond acceptors (Lipinski definition) is 3. The van der Waals surface area contributed by atoms with Gasteiger partial charge >= 0.3 is 0 Å². The van der Waals surface area contributed by atoms with E-state index in [4.69, 9.17) is 16.3 Å². The van der Waals surface area contributed by atoms with Crippen LogP contribution in [0.4, 0.5) is 5.69 Å². The summed E-state index contributed by atoms with van der Waals surface area (Å²) in [7, 11) is 2.09. The largest absolute Gasteiger partial charge is 0.376 e. The molecule has 1 aliphatic heterocycles. The Morgan fingerprint density at radius 1 is 1.38 bits per heavy atom. The molecular weight excluding hydrogens is 284 g/mol. The average molecular weight is 311 g/mol. The van der Waals surface area contributed by atoms with E-state index in [9.17, 15) is 0 Å². The monoisotopic (exact) mass is 310 g/mol. The van der Waals surface area contributed by atoms with Gasteiger partial charge in [0.1, 0.15) is 0 Å². The Bertz CT molecular complexity index is 444. The summed E-state index contributed by atoms with van der Waals surface area (Å²) in [6, 6.07) is 6.80. The smallest absolute Gasteiger partial charge is 0.0749 e.